The molecule has 0 heterocycles. The Labute approximate surface area is 158 Å². The van der Waals surface area contributed by atoms with Crippen molar-refractivity contribution in [2.75, 3.05) is 20.3 Å². The summed E-state index contributed by atoms with van der Waals surface area (Å²) in [7, 11) is -2.04. The highest BCUT2D eigenvalue weighted by molar-refractivity contribution is 7.89. The van der Waals surface area contributed by atoms with Gasteiger partial charge in [0.2, 0.25) is 10.0 Å². The van der Waals surface area contributed by atoms with Gasteiger partial charge in [0.15, 0.2) is 0 Å². The van der Waals surface area contributed by atoms with Crippen LogP contribution in [0.25, 0.3) is 0 Å². The number of nitro groups is 1. The second-order valence-corrected chi connectivity index (χ2v) is 7.78. The number of nitro benzene ring substituents is 1. The van der Waals surface area contributed by atoms with Crippen LogP contribution in [0.15, 0.2) is 47.4 Å². The summed E-state index contributed by atoms with van der Waals surface area (Å²) < 4.78 is 31.5. The Hall–Kier alpha value is -2.33. The molecule has 9 heteroatoms. The van der Waals surface area contributed by atoms with Gasteiger partial charge < -0.3 is 10.1 Å². The maximum atomic E-state index is 12.1. The van der Waals surface area contributed by atoms with E-state index in [-0.39, 0.29) is 17.1 Å². The standard InChI is InChI=1S/C18H23N3O5S/c1-14-3-4-16(11-18(14)21(22)23)13-19-12-15-5-7-17(8-6-15)27(24,25)20-9-10-26-2/h3-8,11,19-20H,9-10,12-13H2,1-2H3. The van der Waals surface area contributed by atoms with Crippen molar-refractivity contribution >= 4 is 15.7 Å². The van der Waals surface area contributed by atoms with Gasteiger partial charge in [0, 0.05) is 38.4 Å². The number of nitrogens with one attached hydrogen (secondary N) is 2. The predicted octanol–water partition coefficient (Wildman–Crippen LogP) is 2.12. The van der Waals surface area contributed by atoms with Crippen LogP contribution in [0.3, 0.4) is 0 Å². The molecule has 0 saturated carbocycles. The Morgan fingerprint density at radius 1 is 1.07 bits per heavy atom. The number of aryl methyl sites for hydroxylation is 1. The van der Waals surface area contributed by atoms with Crippen molar-refractivity contribution in [3.8, 4) is 0 Å². The molecule has 0 fully saturated rings. The van der Waals surface area contributed by atoms with Gasteiger partial charge in [0.1, 0.15) is 0 Å². The molecule has 0 amide bonds. The Morgan fingerprint density at radius 2 is 1.70 bits per heavy atom. The maximum absolute atomic E-state index is 12.1. The number of benzene rings is 2. The van der Waals surface area contributed by atoms with Crippen molar-refractivity contribution in [1.82, 2.24) is 10.0 Å². The second-order valence-electron chi connectivity index (χ2n) is 6.02. The van der Waals surface area contributed by atoms with Gasteiger partial charge in [-0.3, -0.25) is 10.1 Å². The van der Waals surface area contributed by atoms with Gasteiger partial charge in [-0.2, -0.15) is 0 Å². The van der Waals surface area contributed by atoms with Gasteiger partial charge in [0.25, 0.3) is 5.69 Å². The Balaban J connectivity index is 1.92. The molecule has 27 heavy (non-hydrogen) atoms. The molecule has 2 N–H and O–H groups in total. The zero-order valence-electron chi connectivity index (χ0n) is 15.3. The summed E-state index contributed by atoms with van der Waals surface area (Å²) in [5, 5.41) is 14.2. The van der Waals surface area contributed by atoms with Crippen LogP contribution in [-0.2, 0) is 27.8 Å². The maximum Gasteiger partial charge on any atom is 0.272 e. The van der Waals surface area contributed by atoms with Crippen LogP contribution in [0.5, 0.6) is 0 Å². The molecule has 0 radical (unpaired) electrons. The fourth-order valence-corrected chi connectivity index (χ4v) is 3.47. The van der Waals surface area contributed by atoms with E-state index in [0.29, 0.717) is 25.3 Å². The number of nitrogens with zero attached hydrogens (tertiary/aromatic N) is 1. The van der Waals surface area contributed by atoms with Crippen molar-refractivity contribution in [3.63, 3.8) is 0 Å². The van der Waals surface area contributed by atoms with Gasteiger partial charge >= 0.3 is 0 Å². The first-order valence-electron chi connectivity index (χ1n) is 8.35. The molecular weight excluding hydrogens is 370 g/mol. The number of hydrogen-bond donors (Lipinski definition) is 2. The van der Waals surface area contributed by atoms with Gasteiger partial charge in [-0.05, 0) is 30.2 Å². The van der Waals surface area contributed by atoms with E-state index in [1.54, 1.807) is 43.3 Å². The van der Waals surface area contributed by atoms with E-state index in [0.717, 1.165) is 11.1 Å². The molecule has 2 aromatic rings. The summed E-state index contributed by atoms with van der Waals surface area (Å²) >= 11 is 0. The second kappa shape index (κ2) is 9.56. The Kier molecular flexibility index (Phi) is 7.43. The van der Waals surface area contributed by atoms with Crippen molar-refractivity contribution in [2.45, 2.75) is 24.9 Å². The lowest BCUT2D eigenvalue weighted by Gasteiger charge is -2.09. The first kappa shape index (κ1) is 21.0. The predicted molar refractivity (Wildman–Crippen MR) is 102 cm³/mol. The summed E-state index contributed by atoms with van der Waals surface area (Å²) in [6.07, 6.45) is 0. The van der Waals surface area contributed by atoms with Crippen LogP contribution in [0, 0.1) is 17.0 Å². The number of rotatable bonds is 10. The first-order valence-corrected chi connectivity index (χ1v) is 9.84. The third kappa shape index (κ3) is 6.10. The van der Waals surface area contributed by atoms with Crippen LogP contribution in [-0.4, -0.2) is 33.6 Å². The molecule has 0 unspecified atom stereocenters. The van der Waals surface area contributed by atoms with E-state index >= 15 is 0 Å². The normalized spacial score (nSPS) is 11.5. The summed E-state index contributed by atoms with van der Waals surface area (Å²) in [5.41, 5.74) is 2.45. The largest absolute Gasteiger partial charge is 0.383 e. The van der Waals surface area contributed by atoms with Crippen LogP contribution in [0.1, 0.15) is 16.7 Å². The third-order valence-corrected chi connectivity index (χ3v) is 5.44. The molecule has 2 rings (SSSR count). The average molecular weight is 393 g/mol. The molecule has 2 aromatic carbocycles. The molecule has 0 spiro atoms. The molecule has 146 valence electrons. The monoisotopic (exact) mass is 393 g/mol. The van der Waals surface area contributed by atoms with E-state index in [4.69, 9.17) is 4.74 Å². The molecule has 0 bridgehead atoms. The van der Waals surface area contributed by atoms with Crippen molar-refractivity contribution < 1.29 is 18.1 Å². The minimum Gasteiger partial charge on any atom is -0.383 e. The van der Waals surface area contributed by atoms with Gasteiger partial charge in [-0.1, -0.05) is 24.3 Å². The lowest BCUT2D eigenvalue weighted by Crippen LogP contribution is -2.27. The van der Waals surface area contributed by atoms with Gasteiger partial charge in [0.05, 0.1) is 16.4 Å². The molecule has 0 atom stereocenters. The van der Waals surface area contributed by atoms with Crippen molar-refractivity contribution in [2.24, 2.45) is 0 Å². The van der Waals surface area contributed by atoms with Gasteiger partial charge in [-0.15, -0.1) is 0 Å². The van der Waals surface area contributed by atoms with Crippen LogP contribution in [0.4, 0.5) is 5.69 Å². The van der Waals surface area contributed by atoms with E-state index < -0.39 is 14.9 Å². The fourth-order valence-electron chi connectivity index (χ4n) is 2.46. The smallest absolute Gasteiger partial charge is 0.272 e. The zero-order valence-corrected chi connectivity index (χ0v) is 16.1. The van der Waals surface area contributed by atoms with Crippen LogP contribution >= 0.6 is 0 Å². The Morgan fingerprint density at radius 3 is 2.33 bits per heavy atom. The molecule has 0 aliphatic heterocycles. The highest BCUT2D eigenvalue weighted by atomic mass is 32.2. The number of hydrogen-bond acceptors (Lipinski definition) is 6. The molecule has 0 saturated heterocycles. The minimum atomic E-state index is -3.54. The fraction of sp³-hybridized carbons (Fsp3) is 0.333. The number of methoxy groups -OCH3 is 1. The SMILES string of the molecule is COCCNS(=O)(=O)c1ccc(CNCc2ccc(C)c([N+](=O)[O-])c2)cc1. The van der Waals surface area contributed by atoms with E-state index in [2.05, 4.69) is 10.0 Å². The molecular formula is C18H23N3O5S. The van der Waals surface area contributed by atoms with E-state index in [9.17, 15) is 18.5 Å². The van der Waals surface area contributed by atoms with E-state index in [1.807, 2.05) is 6.07 Å². The summed E-state index contributed by atoms with van der Waals surface area (Å²) in [5.74, 6) is 0. The number of ether oxygens (including phenoxy) is 1. The quantitative estimate of drug-likeness (QED) is 0.363. The highest BCUT2D eigenvalue weighted by Gasteiger charge is 2.13. The molecule has 0 aliphatic rings. The van der Waals surface area contributed by atoms with Crippen molar-refractivity contribution in [3.05, 3.63) is 69.3 Å². The summed E-state index contributed by atoms with van der Waals surface area (Å²) in [6.45, 7) is 3.21. The van der Waals surface area contributed by atoms with Crippen LogP contribution in [0.2, 0.25) is 0 Å². The highest BCUT2D eigenvalue weighted by Crippen LogP contribution is 2.19. The third-order valence-electron chi connectivity index (χ3n) is 3.96. The lowest BCUT2D eigenvalue weighted by molar-refractivity contribution is -0.385. The van der Waals surface area contributed by atoms with Crippen LogP contribution < -0.4 is 10.0 Å². The van der Waals surface area contributed by atoms with Crippen molar-refractivity contribution in [1.29, 1.82) is 0 Å². The average Bonchev–Trinajstić information content (AvgIpc) is 2.63. The summed E-state index contributed by atoms with van der Waals surface area (Å²) in [4.78, 5) is 10.8. The zero-order chi connectivity index (χ0) is 19.9. The topological polar surface area (TPSA) is 111 Å². The first-order chi connectivity index (χ1) is 12.8. The Bertz CT molecular complexity index is 882. The van der Waals surface area contributed by atoms with E-state index in [1.165, 1.54) is 7.11 Å². The molecule has 0 aromatic heterocycles. The number of sulfonamides is 1. The molecule has 0 aliphatic carbocycles. The lowest BCUT2D eigenvalue weighted by atomic mass is 10.1. The molecule has 8 nitrogen and oxygen atoms in total. The summed E-state index contributed by atoms with van der Waals surface area (Å²) in [6, 6.07) is 11.7. The minimum absolute atomic E-state index is 0.102. The van der Waals surface area contributed by atoms with Gasteiger partial charge in [-0.25, -0.2) is 13.1 Å².